The number of fused-ring (bicyclic) bond motifs is 3. The van der Waals surface area contributed by atoms with Gasteiger partial charge in [0.2, 0.25) is 0 Å². The van der Waals surface area contributed by atoms with Crippen molar-refractivity contribution in [1.82, 2.24) is 9.55 Å². The molecule has 0 aliphatic carbocycles. The average molecular weight is 429 g/mol. The second kappa shape index (κ2) is 6.87. The fraction of sp³-hybridized carbons (Fsp3) is 0.261. The predicted octanol–water partition coefficient (Wildman–Crippen LogP) is 6.24. The van der Waals surface area contributed by atoms with E-state index >= 15 is 0 Å². The fourth-order valence-electron chi connectivity index (χ4n) is 4.26. The zero-order valence-corrected chi connectivity index (χ0v) is 18.6. The van der Waals surface area contributed by atoms with E-state index in [2.05, 4.69) is 46.9 Å². The molecule has 0 unspecified atom stereocenters. The molecule has 0 fully saturated rings. The van der Waals surface area contributed by atoms with E-state index in [9.17, 15) is 13.2 Å². The van der Waals surface area contributed by atoms with Gasteiger partial charge in [-0.25, -0.2) is 0 Å². The van der Waals surface area contributed by atoms with Gasteiger partial charge in [0.25, 0.3) is 0 Å². The Labute approximate surface area is 174 Å². The molecular formula is C23H23F3N2OSi. The van der Waals surface area contributed by atoms with Crippen molar-refractivity contribution in [1.29, 1.82) is 0 Å². The summed E-state index contributed by atoms with van der Waals surface area (Å²) in [5, 5.41) is 2.83. The van der Waals surface area contributed by atoms with E-state index in [4.69, 9.17) is 0 Å². The summed E-state index contributed by atoms with van der Waals surface area (Å²) < 4.78 is 45.4. The van der Waals surface area contributed by atoms with E-state index in [1.54, 1.807) is 12.3 Å². The standard InChI is InChI=1S/C23H23F3N2OSi/c1-14-9-6-7-11-18(14)28-21-16-10-8-12-19(29-23(24,25)26)20(16)27-13-17(21)15(2)22(28)30(3,4)5/h6-13H,1-5H3. The van der Waals surface area contributed by atoms with E-state index in [0.29, 0.717) is 5.39 Å². The molecule has 7 heteroatoms. The predicted molar refractivity (Wildman–Crippen MR) is 118 cm³/mol. The van der Waals surface area contributed by atoms with Crippen molar-refractivity contribution < 1.29 is 17.9 Å². The summed E-state index contributed by atoms with van der Waals surface area (Å²) in [5.41, 5.74) is 4.34. The molecule has 0 amide bonds. The molecule has 0 saturated carbocycles. The van der Waals surface area contributed by atoms with Crippen molar-refractivity contribution >= 4 is 35.2 Å². The van der Waals surface area contributed by atoms with Crippen LogP contribution in [0.15, 0.2) is 48.7 Å². The van der Waals surface area contributed by atoms with Crippen molar-refractivity contribution in [2.45, 2.75) is 39.9 Å². The summed E-state index contributed by atoms with van der Waals surface area (Å²) in [4.78, 5) is 4.38. The van der Waals surface area contributed by atoms with Crippen LogP contribution in [0.5, 0.6) is 5.75 Å². The molecule has 0 aliphatic rings. The quantitative estimate of drug-likeness (QED) is 0.361. The van der Waals surface area contributed by atoms with Crippen molar-refractivity contribution in [2.75, 3.05) is 0 Å². The minimum atomic E-state index is -4.78. The summed E-state index contributed by atoms with van der Waals surface area (Å²) in [6.45, 7) is 10.9. The number of para-hydroxylation sites is 2. The first-order valence-corrected chi connectivity index (χ1v) is 13.2. The maximum absolute atomic E-state index is 13.0. The first-order valence-electron chi connectivity index (χ1n) is 9.74. The molecule has 2 aromatic carbocycles. The average Bonchev–Trinajstić information content (AvgIpc) is 2.94. The Morgan fingerprint density at radius 3 is 2.27 bits per heavy atom. The van der Waals surface area contributed by atoms with Gasteiger partial charge in [0.15, 0.2) is 5.75 Å². The molecular weight excluding hydrogens is 405 g/mol. The normalized spacial score (nSPS) is 12.7. The van der Waals surface area contributed by atoms with Crippen molar-refractivity contribution in [3.63, 3.8) is 0 Å². The van der Waals surface area contributed by atoms with E-state index in [1.165, 1.54) is 11.4 Å². The number of alkyl halides is 3. The highest BCUT2D eigenvalue weighted by atomic mass is 28.3. The van der Waals surface area contributed by atoms with Gasteiger partial charge >= 0.3 is 6.36 Å². The lowest BCUT2D eigenvalue weighted by atomic mass is 10.1. The maximum Gasteiger partial charge on any atom is 0.573 e. The molecule has 4 aromatic rings. The Hall–Kier alpha value is -2.80. The lowest BCUT2D eigenvalue weighted by molar-refractivity contribution is -0.274. The number of ether oxygens (including phenoxy) is 1. The lowest BCUT2D eigenvalue weighted by Gasteiger charge is -2.23. The highest BCUT2D eigenvalue weighted by molar-refractivity contribution is 6.89. The topological polar surface area (TPSA) is 27.1 Å². The molecule has 0 saturated heterocycles. The molecule has 2 heterocycles. The Morgan fingerprint density at radius 2 is 1.63 bits per heavy atom. The Bertz CT molecular complexity index is 1270. The fourth-order valence-corrected chi connectivity index (χ4v) is 6.43. The number of nitrogens with zero attached hydrogens (tertiary/aromatic N) is 2. The SMILES string of the molecule is Cc1ccccc1-n1c([Si](C)(C)C)c(C)c2cnc3c(OC(F)(F)F)cccc3c21. The van der Waals surface area contributed by atoms with Crippen LogP contribution >= 0.6 is 0 Å². The lowest BCUT2D eigenvalue weighted by Crippen LogP contribution is -2.44. The molecule has 30 heavy (non-hydrogen) atoms. The van der Waals surface area contributed by atoms with Crippen LogP contribution in [0.3, 0.4) is 0 Å². The molecule has 0 N–H and O–H groups in total. The summed E-state index contributed by atoms with van der Waals surface area (Å²) in [6.07, 6.45) is -3.10. The number of aromatic nitrogens is 2. The summed E-state index contributed by atoms with van der Waals surface area (Å²) in [5.74, 6) is -0.286. The Balaban J connectivity index is 2.19. The largest absolute Gasteiger partial charge is 0.573 e. The minimum absolute atomic E-state index is 0.205. The van der Waals surface area contributed by atoms with Gasteiger partial charge in [-0.15, -0.1) is 13.2 Å². The van der Waals surface area contributed by atoms with Crippen LogP contribution in [0.2, 0.25) is 19.6 Å². The smallest absolute Gasteiger partial charge is 0.403 e. The molecule has 2 aromatic heterocycles. The summed E-state index contributed by atoms with van der Waals surface area (Å²) in [7, 11) is -1.83. The number of pyridine rings is 1. The number of rotatable bonds is 3. The number of hydrogen-bond donors (Lipinski definition) is 0. The second-order valence-corrected chi connectivity index (χ2v) is 13.5. The van der Waals surface area contributed by atoms with Gasteiger partial charge in [0.05, 0.1) is 13.6 Å². The third-order valence-corrected chi connectivity index (χ3v) is 7.35. The zero-order valence-electron chi connectivity index (χ0n) is 17.6. The number of aryl methyl sites for hydroxylation is 2. The molecule has 3 nitrogen and oxygen atoms in total. The van der Waals surface area contributed by atoms with Crippen LogP contribution in [-0.2, 0) is 0 Å². The molecule has 0 atom stereocenters. The van der Waals surface area contributed by atoms with Crippen molar-refractivity contribution in [3.05, 3.63) is 59.8 Å². The van der Waals surface area contributed by atoms with E-state index in [1.807, 2.05) is 31.2 Å². The molecule has 156 valence electrons. The third kappa shape index (κ3) is 3.37. The van der Waals surface area contributed by atoms with Gasteiger partial charge in [-0.2, -0.15) is 0 Å². The van der Waals surface area contributed by atoms with E-state index < -0.39 is 14.4 Å². The van der Waals surface area contributed by atoms with Gasteiger partial charge in [-0.05, 0) is 37.1 Å². The molecule has 0 aliphatic heterocycles. The Morgan fingerprint density at radius 1 is 0.933 bits per heavy atom. The summed E-state index contributed by atoms with van der Waals surface area (Å²) in [6, 6.07) is 12.8. The van der Waals surface area contributed by atoms with Crippen LogP contribution in [0.1, 0.15) is 11.1 Å². The minimum Gasteiger partial charge on any atom is -0.403 e. The van der Waals surface area contributed by atoms with Gasteiger partial charge < -0.3 is 9.30 Å². The second-order valence-electron chi connectivity index (χ2n) is 8.57. The number of benzene rings is 2. The van der Waals surface area contributed by atoms with Crippen molar-refractivity contribution in [3.8, 4) is 11.4 Å². The van der Waals surface area contributed by atoms with Crippen LogP contribution in [0.4, 0.5) is 13.2 Å². The van der Waals surface area contributed by atoms with Gasteiger partial charge in [-0.3, -0.25) is 4.98 Å². The van der Waals surface area contributed by atoms with Gasteiger partial charge in [0, 0.05) is 28.0 Å². The van der Waals surface area contributed by atoms with Crippen LogP contribution < -0.4 is 10.1 Å². The number of hydrogen-bond acceptors (Lipinski definition) is 2. The van der Waals surface area contributed by atoms with E-state index in [0.717, 1.165) is 27.7 Å². The highest BCUT2D eigenvalue weighted by Gasteiger charge is 2.33. The van der Waals surface area contributed by atoms with Gasteiger partial charge in [-0.1, -0.05) is 50.0 Å². The molecule has 0 spiro atoms. The highest BCUT2D eigenvalue weighted by Crippen LogP contribution is 2.36. The first kappa shape index (κ1) is 20.5. The monoisotopic (exact) mass is 428 g/mol. The molecule has 0 bridgehead atoms. The van der Waals surface area contributed by atoms with E-state index in [-0.39, 0.29) is 11.3 Å². The molecule has 0 radical (unpaired) electrons. The van der Waals surface area contributed by atoms with Crippen LogP contribution in [0.25, 0.3) is 27.5 Å². The Kier molecular flexibility index (Phi) is 4.69. The van der Waals surface area contributed by atoms with Crippen LogP contribution in [0, 0.1) is 13.8 Å². The van der Waals surface area contributed by atoms with Gasteiger partial charge in [0.1, 0.15) is 5.52 Å². The molecule has 4 rings (SSSR count). The van der Waals surface area contributed by atoms with Crippen LogP contribution in [-0.4, -0.2) is 24.0 Å². The zero-order chi connectivity index (χ0) is 21.8. The first-order chi connectivity index (χ1) is 14.0. The maximum atomic E-state index is 13.0. The summed E-state index contributed by atoms with van der Waals surface area (Å²) >= 11 is 0. The number of halogens is 3. The third-order valence-electron chi connectivity index (χ3n) is 5.33. The van der Waals surface area contributed by atoms with Crippen molar-refractivity contribution in [2.24, 2.45) is 0 Å².